The second-order valence-corrected chi connectivity index (χ2v) is 6.94. The van der Waals surface area contributed by atoms with Crippen LogP contribution in [0.5, 0.6) is 0 Å². The van der Waals surface area contributed by atoms with Crippen molar-refractivity contribution >= 4 is 11.7 Å². The van der Waals surface area contributed by atoms with Gasteiger partial charge in [-0.1, -0.05) is 36.4 Å². The third kappa shape index (κ3) is 4.34. The number of hydrogen-bond acceptors (Lipinski definition) is 5. The summed E-state index contributed by atoms with van der Waals surface area (Å²) in [5.74, 6) is 1.01. The van der Waals surface area contributed by atoms with Crippen molar-refractivity contribution < 1.29 is 4.79 Å². The minimum absolute atomic E-state index is 0.0384. The highest BCUT2D eigenvalue weighted by Gasteiger charge is 2.25. The summed E-state index contributed by atoms with van der Waals surface area (Å²) in [6.45, 7) is 2.09. The molecule has 3 aromatic rings. The topological polar surface area (TPSA) is 71.0 Å². The van der Waals surface area contributed by atoms with Crippen molar-refractivity contribution in [3.63, 3.8) is 0 Å². The van der Waals surface area contributed by atoms with Gasteiger partial charge in [-0.3, -0.25) is 9.78 Å². The van der Waals surface area contributed by atoms with E-state index in [-0.39, 0.29) is 11.8 Å². The molecule has 4 rings (SSSR count). The van der Waals surface area contributed by atoms with Gasteiger partial charge >= 0.3 is 0 Å². The fraction of sp³-hybridized carbons (Fsp3) is 0.273. The Morgan fingerprint density at radius 2 is 1.75 bits per heavy atom. The summed E-state index contributed by atoms with van der Waals surface area (Å²) in [6, 6.07) is 19.8. The van der Waals surface area contributed by atoms with Gasteiger partial charge in [-0.15, -0.1) is 10.2 Å². The molecule has 0 spiro atoms. The summed E-state index contributed by atoms with van der Waals surface area (Å²) in [5.41, 5.74) is 2.81. The Labute approximate surface area is 164 Å². The molecule has 1 amide bonds. The van der Waals surface area contributed by atoms with Gasteiger partial charge in [0.2, 0.25) is 5.91 Å². The lowest BCUT2D eigenvalue weighted by Gasteiger charge is -2.31. The first-order valence-electron chi connectivity index (χ1n) is 9.61. The molecule has 0 atom stereocenters. The average Bonchev–Trinajstić information content (AvgIpc) is 2.79. The molecule has 142 valence electrons. The minimum Gasteiger partial charge on any atom is -0.355 e. The Bertz CT molecular complexity index is 891. The zero-order valence-electron chi connectivity index (χ0n) is 15.7. The lowest BCUT2D eigenvalue weighted by atomic mass is 9.96. The van der Waals surface area contributed by atoms with E-state index in [0.717, 1.165) is 48.7 Å². The SMILES string of the molecule is O=C(NCc1ccccn1)C1CCN(c2ccc(-c3ccccc3)nn2)CC1. The summed E-state index contributed by atoms with van der Waals surface area (Å²) < 4.78 is 0. The monoisotopic (exact) mass is 373 g/mol. The van der Waals surface area contributed by atoms with E-state index in [1.807, 2.05) is 60.7 Å². The molecule has 0 radical (unpaired) electrons. The van der Waals surface area contributed by atoms with Gasteiger partial charge in [0.1, 0.15) is 0 Å². The van der Waals surface area contributed by atoms with Gasteiger partial charge in [0.05, 0.1) is 17.9 Å². The molecule has 1 aromatic carbocycles. The van der Waals surface area contributed by atoms with Gasteiger partial charge in [0, 0.05) is 30.8 Å². The van der Waals surface area contributed by atoms with Crippen molar-refractivity contribution in [3.8, 4) is 11.3 Å². The van der Waals surface area contributed by atoms with Crippen molar-refractivity contribution in [3.05, 3.63) is 72.6 Å². The second kappa shape index (κ2) is 8.61. The summed E-state index contributed by atoms with van der Waals surface area (Å²) in [5, 5.41) is 11.8. The average molecular weight is 373 g/mol. The molecule has 1 saturated heterocycles. The maximum Gasteiger partial charge on any atom is 0.223 e. The molecule has 0 saturated carbocycles. The summed E-state index contributed by atoms with van der Waals surface area (Å²) >= 11 is 0. The van der Waals surface area contributed by atoms with Crippen LogP contribution in [0.4, 0.5) is 5.82 Å². The van der Waals surface area contributed by atoms with Crippen LogP contribution in [0.2, 0.25) is 0 Å². The highest BCUT2D eigenvalue weighted by molar-refractivity contribution is 5.78. The molecule has 28 heavy (non-hydrogen) atoms. The number of nitrogens with one attached hydrogen (secondary N) is 1. The predicted octanol–water partition coefficient (Wildman–Crippen LogP) is 3.07. The van der Waals surface area contributed by atoms with Crippen LogP contribution in [-0.4, -0.2) is 34.2 Å². The number of anilines is 1. The third-order valence-electron chi connectivity index (χ3n) is 5.08. The Balaban J connectivity index is 1.29. The number of carbonyl (C=O) groups excluding carboxylic acids is 1. The molecular weight excluding hydrogens is 350 g/mol. The van der Waals surface area contributed by atoms with E-state index < -0.39 is 0 Å². The van der Waals surface area contributed by atoms with E-state index in [4.69, 9.17) is 0 Å². The summed E-state index contributed by atoms with van der Waals surface area (Å²) in [4.78, 5) is 18.9. The quantitative estimate of drug-likeness (QED) is 0.744. The number of amides is 1. The molecule has 0 unspecified atom stereocenters. The lowest BCUT2D eigenvalue weighted by molar-refractivity contribution is -0.125. The molecule has 1 aliphatic heterocycles. The van der Waals surface area contributed by atoms with Crippen LogP contribution in [-0.2, 0) is 11.3 Å². The van der Waals surface area contributed by atoms with Crippen molar-refractivity contribution in [2.45, 2.75) is 19.4 Å². The molecule has 6 heteroatoms. The van der Waals surface area contributed by atoms with Crippen molar-refractivity contribution in [2.24, 2.45) is 5.92 Å². The van der Waals surface area contributed by atoms with Crippen LogP contribution >= 0.6 is 0 Å². The molecule has 1 N–H and O–H groups in total. The van der Waals surface area contributed by atoms with Crippen molar-refractivity contribution in [1.29, 1.82) is 0 Å². The Hall–Kier alpha value is -3.28. The molecule has 3 heterocycles. The standard InChI is InChI=1S/C22H23N5O/c28-22(24-16-19-8-4-5-13-23-19)18-11-14-27(15-12-18)21-10-9-20(25-26-21)17-6-2-1-3-7-17/h1-10,13,18H,11-12,14-16H2,(H,24,28). The maximum absolute atomic E-state index is 12.4. The summed E-state index contributed by atoms with van der Waals surface area (Å²) in [6.07, 6.45) is 3.37. The minimum atomic E-state index is 0.0384. The fourth-order valence-corrected chi connectivity index (χ4v) is 3.45. The molecule has 6 nitrogen and oxygen atoms in total. The van der Waals surface area contributed by atoms with Crippen LogP contribution in [0.15, 0.2) is 66.9 Å². The van der Waals surface area contributed by atoms with Gasteiger partial charge in [-0.25, -0.2) is 0 Å². The molecule has 2 aromatic heterocycles. The largest absolute Gasteiger partial charge is 0.355 e. The van der Waals surface area contributed by atoms with E-state index in [1.54, 1.807) is 6.20 Å². The highest BCUT2D eigenvalue weighted by atomic mass is 16.1. The molecule has 0 aliphatic carbocycles. The first-order chi connectivity index (χ1) is 13.8. The first-order valence-corrected chi connectivity index (χ1v) is 9.61. The van der Waals surface area contributed by atoms with Crippen LogP contribution in [0.3, 0.4) is 0 Å². The molecule has 1 fully saturated rings. The normalized spacial score (nSPS) is 14.6. The Morgan fingerprint density at radius 3 is 2.43 bits per heavy atom. The zero-order chi connectivity index (χ0) is 19.2. The number of aromatic nitrogens is 3. The van der Waals surface area contributed by atoms with E-state index in [1.165, 1.54) is 0 Å². The van der Waals surface area contributed by atoms with E-state index in [9.17, 15) is 4.79 Å². The number of pyridine rings is 1. The van der Waals surface area contributed by atoms with Crippen LogP contribution in [0, 0.1) is 5.92 Å². The fourth-order valence-electron chi connectivity index (χ4n) is 3.45. The molecular formula is C22H23N5O. The number of hydrogen-bond donors (Lipinski definition) is 1. The Kier molecular flexibility index (Phi) is 5.56. The first kappa shape index (κ1) is 18.1. The Morgan fingerprint density at radius 1 is 0.964 bits per heavy atom. The zero-order valence-corrected chi connectivity index (χ0v) is 15.7. The molecule has 1 aliphatic rings. The van der Waals surface area contributed by atoms with E-state index >= 15 is 0 Å². The van der Waals surface area contributed by atoms with Crippen molar-refractivity contribution in [1.82, 2.24) is 20.5 Å². The lowest BCUT2D eigenvalue weighted by Crippen LogP contribution is -2.40. The number of carbonyl (C=O) groups is 1. The summed E-state index contributed by atoms with van der Waals surface area (Å²) in [7, 11) is 0. The van der Waals surface area contributed by atoms with Gasteiger partial charge < -0.3 is 10.2 Å². The smallest absolute Gasteiger partial charge is 0.223 e. The van der Waals surface area contributed by atoms with Crippen LogP contribution in [0.25, 0.3) is 11.3 Å². The van der Waals surface area contributed by atoms with E-state index in [0.29, 0.717) is 6.54 Å². The third-order valence-corrected chi connectivity index (χ3v) is 5.08. The van der Waals surface area contributed by atoms with Crippen molar-refractivity contribution in [2.75, 3.05) is 18.0 Å². The highest BCUT2D eigenvalue weighted by Crippen LogP contribution is 2.23. The van der Waals surface area contributed by atoms with Crippen LogP contribution < -0.4 is 10.2 Å². The van der Waals surface area contributed by atoms with Gasteiger partial charge in [0.15, 0.2) is 5.82 Å². The van der Waals surface area contributed by atoms with Gasteiger partial charge in [0.25, 0.3) is 0 Å². The van der Waals surface area contributed by atoms with E-state index in [2.05, 4.69) is 25.4 Å². The van der Waals surface area contributed by atoms with Crippen LogP contribution in [0.1, 0.15) is 18.5 Å². The molecule has 0 bridgehead atoms. The second-order valence-electron chi connectivity index (χ2n) is 6.94. The van der Waals surface area contributed by atoms with Gasteiger partial charge in [-0.2, -0.15) is 0 Å². The van der Waals surface area contributed by atoms with Gasteiger partial charge in [-0.05, 0) is 37.1 Å². The number of rotatable bonds is 5. The maximum atomic E-state index is 12.4. The predicted molar refractivity (Wildman–Crippen MR) is 108 cm³/mol. The number of piperidine rings is 1. The number of nitrogens with zero attached hydrogens (tertiary/aromatic N) is 4. The number of benzene rings is 1.